The summed E-state index contributed by atoms with van der Waals surface area (Å²) in [6, 6.07) is 5.17. The molecule has 4 nitrogen and oxygen atoms in total. The number of anilines is 1. The van der Waals surface area contributed by atoms with Crippen molar-refractivity contribution in [3.05, 3.63) is 24.3 Å². The largest absolute Gasteiger partial charge is 0.573 e. The summed E-state index contributed by atoms with van der Waals surface area (Å²) < 4.78 is 40.0. The highest BCUT2D eigenvalue weighted by Crippen LogP contribution is 2.25. The molecule has 0 aliphatic rings. The average Bonchev–Trinajstić information content (AvgIpc) is 2.26. The molecule has 1 aromatic carbocycles. The van der Waals surface area contributed by atoms with Crippen LogP contribution in [-0.4, -0.2) is 24.9 Å². The molecule has 0 aliphatic heterocycles. The molecule has 0 aliphatic carbocycles. The van der Waals surface area contributed by atoms with E-state index in [1.165, 1.54) is 18.2 Å². The van der Waals surface area contributed by atoms with Crippen molar-refractivity contribution < 1.29 is 22.7 Å². The number of rotatable bonds is 6. The molecule has 0 aromatic heterocycles. The van der Waals surface area contributed by atoms with Crippen LogP contribution in [0.2, 0.25) is 0 Å². The molecule has 1 unspecified atom stereocenters. The van der Waals surface area contributed by atoms with Crippen LogP contribution in [0.3, 0.4) is 0 Å². The van der Waals surface area contributed by atoms with E-state index in [4.69, 9.17) is 0 Å². The molecule has 0 spiro atoms. The number of amides is 1. The molecule has 112 valence electrons. The predicted molar refractivity (Wildman–Crippen MR) is 69.5 cm³/mol. The van der Waals surface area contributed by atoms with Gasteiger partial charge in [-0.25, -0.2) is 0 Å². The summed E-state index contributed by atoms with van der Waals surface area (Å²) in [5.74, 6) is -0.641. The van der Waals surface area contributed by atoms with Gasteiger partial charge in [0.1, 0.15) is 5.75 Å². The minimum Gasteiger partial charge on any atom is -0.406 e. The molecule has 0 radical (unpaired) electrons. The van der Waals surface area contributed by atoms with Gasteiger partial charge in [-0.2, -0.15) is 0 Å². The number of hydrogen-bond acceptors (Lipinski definition) is 3. The molecular weight excluding hydrogens is 273 g/mol. The number of hydrogen-bond donors (Lipinski definition) is 2. The minimum atomic E-state index is -4.75. The van der Waals surface area contributed by atoms with E-state index in [1.54, 1.807) is 0 Å². The SMILES string of the molecule is CCNC(C)CC(=O)Nc1cccc(OC(F)(F)F)c1. The van der Waals surface area contributed by atoms with Crippen molar-refractivity contribution in [1.29, 1.82) is 0 Å². The van der Waals surface area contributed by atoms with Crippen LogP contribution in [0.15, 0.2) is 24.3 Å². The monoisotopic (exact) mass is 290 g/mol. The molecular formula is C13H17F3N2O2. The molecule has 1 atom stereocenters. The summed E-state index contributed by atoms with van der Waals surface area (Å²) in [5.41, 5.74) is 0.264. The Morgan fingerprint density at radius 2 is 2.10 bits per heavy atom. The normalized spacial score (nSPS) is 12.8. The average molecular weight is 290 g/mol. The van der Waals surface area contributed by atoms with Gasteiger partial charge in [0.25, 0.3) is 0 Å². The molecule has 0 saturated heterocycles. The standard InChI is InChI=1S/C13H17F3N2O2/c1-3-17-9(2)7-12(19)18-10-5-4-6-11(8-10)20-13(14,15)16/h4-6,8-9,17H,3,7H2,1-2H3,(H,18,19). The summed E-state index contributed by atoms with van der Waals surface area (Å²) in [5, 5.41) is 5.60. The first-order valence-electron chi connectivity index (χ1n) is 6.19. The first-order chi connectivity index (χ1) is 9.30. The third kappa shape index (κ3) is 6.42. The van der Waals surface area contributed by atoms with Crippen molar-refractivity contribution in [2.45, 2.75) is 32.7 Å². The highest BCUT2D eigenvalue weighted by Gasteiger charge is 2.31. The number of nitrogens with one attached hydrogen (secondary N) is 2. The molecule has 0 saturated carbocycles. The third-order valence-corrected chi connectivity index (χ3v) is 2.40. The lowest BCUT2D eigenvalue weighted by Gasteiger charge is -2.13. The fourth-order valence-electron chi connectivity index (χ4n) is 1.68. The Labute approximate surface area is 115 Å². The van der Waals surface area contributed by atoms with E-state index in [1.807, 2.05) is 13.8 Å². The van der Waals surface area contributed by atoms with Gasteiger partial charge in [-0.05, 0) is 25.6 Å². The summed E-state index contributed by atoms with van der Waals surface area (Å²) in [6.45, 7) is 4.52. The highest BCUT2D eigenvalue weighted by atomic mass is 19.4. The van der Waals surface area contributed by atoms with Gasteiger partial charge in [-0.1, -0.05) is 13.0 Å². The van der Waals surface area contributed by atoms with Gasteiger partial charge in [0.2, 0.25) is 5.91 Å². The van der Waals surface area contributed by atoms with Crippen LogP contribution in [-0.2, 0) is 4.79 Å². The maximum atomic E-state index is 12.1. The van der Waals surface area contributed by atoms with Crippen molar-refractivity contribution in [1.82, 2.24) is 5.32 Å². The number of halogens is 3. The zero-order chi connectivity index (χ0) is 15.2. The van der Waals surface area contributed by atoms with Crippen LogP contribution in [0.4, 0.5) is 18.9 Å². The Morgan fingerprint density at radius 1 is 1.40 bits per heavy atom. The Kier molecular flexibility index (Phi) is 5.82. The van der Waals surface area contributed by atoms with E-state index in [0.717, 1.165) is 12.6 Å². The van der Waals surface area contributed by atoms with Gasteiger partial charge in [0.15, 0.2) is 0 Å². The molecule has 0 fully saturated rings. The molecule has 2 N–H and O–H groups in total. The summed E-state index contributed by atoms with van der Waals surface area (Å²) in [7, 11) is 0. The Hall–Kier alpha value is -1.76. The van der Waals surface area contributed by atoms with Crippen molar-refractivity contribution in [3.63, 3.8) is 0 Å². The first kappa shape index (κ1) is 16.3. The number of alkyl halides is 3. The molecule has 7 heteroatoms. The smallest absolute Gasteiger partial charge is 0.406 e. The van der Waals surface area contributed by atoms with Gasteiger partial charge in [-0.15, -0.1) is 13.2 Å². The van der Waals surface area contributed by atoms with Crippen LogP contribution >= 0.6 is 0 Å². The number of benzene rings is 1. The van der Waals surface area contributed by atoms with Crippen LogP contribution in [0.1, 0.15) is 20.3 Å². The topological polar surface area (TPSA) is 50.4 Å². The van der Waals surface area contributed by atoms with E-state index in [-0.39, 0.29) is 29.8 Å². The van der Waals surface area contributed by atoms with Crippen molar-refractivity contribution >= 4 is 11.6 Å². The van der Waals surface area contributed by atoms with Gasteiger partial charge in [0, 0.05) is 24.2 Å². The lowest BCUT2D eigenvalue weighted by atomic mass is 10.2. The molecule has 0 heterocycles. The Balaban J connectivity index is 2.60. The number of ether oxygens (including phenoxy) is 1. The molecule has 1 amide bonds. The number of carbonyl (C=O) groups excluding carboxylic acids is 1. The molecule has 1 aromatic rings. The van der Waals surface area contributed by atoms with Gasteiger partial charge in [-0.3, -0.25) is 4.79 Å². The highest BCUT2D eigenvalue weighted by molar-refractivity contribution is 5.91. The van der Waals surface area contributed by atoms with Crippen LogP contribution in [0, 0.1) is 0 Å². The van der Waals surface area contributed by atoms with Gasteiger partial charge >= 0.3 is 6.36 Å². The quantitative estimate of drug-likeness (QED) is 0.847. The summed E-state index contributed by atoms with van der Waals surface area (Å²) in [4.78, 5) is 11.7. The second-order valence-corrected chi connectivity index (χ2v) is 4.29. The Morgan fingerprint density at radius 3 is 2.70 bits per heavy atom. The van der Waals surface area contributed by atoms with E-state index in [2.05, 4.69) is 15.4 Å². The van der Waals surface area contributed by atoms with E-state index < -0.39 is 6.36 Å². The van der Waals surface area contributed by atoms with Crippen molar-refractivity contribution in [2.75, 3.05) is 11.9 Å². The van der Waals surface area contributed by atoms with E-state index in [0.29, 0.717) is 0 Å². The molecule has 0 bridgehead atoms. The van der Waals surface area contributed by atoms with Crippen LogP contribution in [0.5, 0.6) is 5.75 Å². The Bertz CT molecular complexity index is 449. The minimum absolute atomic E-state index is 0.00499. The summed E-state index contributed by atoms with van der Waals surface area (Å²) >= 11 is 0. The lowest BCUT2D eigenvalue weighted by molar-refractivity contribution is -0.274. The first-order valence-corrected chi connectivity index (χ1v) is 6.19. The number of carbonyl (C=O) groups is 1. The maximum absolute atomic E-state index is 12.1. The van der Waals surface area contributed by atoms with Gasteiger partial charge < -0.3 is 15.4 Å². The zero-order valence-electron chi connectivity index (χ0n) is 11.3. The van der Waals surface area contributed by atoms with E-state index in [9.17, 15) is 18.0 Å². The van der Waals surface area contributed by atoms with Crippen molar-refractivity contribution in [2.24, 2.45) is 0 Å². The zero-order valence-corrected chi connectivity index (χ0v) is 11.3. The fourth-order valence-corrected chi connectivity index (χ4v) is 1.68. The van der Waals surface area contributed by atoms with Crippen molar-refractivity contribution in [3.8, 4) is 5.75 Å². The maximum Gasteiger partial charge on any atom is 0.573 e. The second-order valence-electron chi connectivity index (χ2n) is 4.29. The second kappa shape index (κ2) is 7.14. The fraction of sp³-hybridized carbons (Fsp3) is 0.462. The lowest BCUT2D eigenvalue weighted by Crippen LogP contribution is -2.30. The predicted octanol–water partition coefficient (Wildman–Crippen LogP) is 2.91. The third-order valence-electron chi connectivity index (χ3n) is 2.40. The van der Waals surface area contributed by atoms with Crippen LogP contribution in [0.25, 0.3) is 0 Å². The van der Waals surface area contributed by atoms with Gasteiger partial charge in [0.05, 0.1) is 0 Å². The van der Waals surface area contributed by atoms with E-state index >= 15 is 0 Å². The summed E-state index contributed by atoms with van der Waals surface area (Å²) in [6.07, 6.45) is -4.51. The molecule has 20 heavy (non-hydrogen) atoms. The van der Waals surface area contributed by atoms with Crippen LogP contribution < -0.4 is 15.4 Å². The molecule has 1 rings (SSSR count).